The van der Waals surface area contributed by atoms with Gasteiger partial charge in [0.1, 0.15) is 0 Å². The Balaban J connectivity index is 2.03. The standard InChI is InChI=1S/C10H16N2O/c1-7(2)12-8-4-9(12)6-13-10(5-8)11-3/h7-10H,4-6H2,1-2H3. The highest BCUT2D eigenvalue weighted by Gasteiger charge is 2.45. The highest BCUT2D eigenvalue weighted by atomic mass is 16.5. The second kappa shape index (κ2) is 3.28. The monoisotopic (exact) mass is 180 g/mol. The third-order valence-electron chi connectivity index (χ3n) is 3.08. The van der Waals surface area contributed by atoms with Crippen LogP contribution in [0.4, 0.5) is 0 Å². The Labute approximate surface area is 79.5 Å². The summed E-state index contributed by atoms with van der Waals surface area (Å²) >= 11 is 0. The van der Waals surface area contributed by atoms with Crippen LogP contribution in [-0.4, -0.2) is 35.9 Å². The van der Waals surface area contributed by atoms with Gasteiger partial charge in [-0.05, 0) is 20.3 Å². The number of ether oxygens (including phenoxy) is 1. The molecule has 0 saturated carbocycles. The summed E-state index contributed by atoms with van der Waals surface area (Å²) in [5.41, 5.74) is 0. The van der Waals surface area contributed by atoms with Crippen LogP contribution < -0.4 is 0 Å². The fraction of sp³-hybridized carbons (Fsp3) is 0.900. The molecule has 3 nitrogen and oxygen atoms in total. The molecule has 0 spiro atoms. The zero-order chi connectivity index (χ0) is 9.42. The molecule has 0 radical (unpaired) electrons. The van der Waals surface area contributed by atoms with E-state index >= 15 is 0 Å². The first-order chi connectivity index (χ1) is 6.22. The maximum atomic E-state index is 6.96. The van der Waals surface area contributed by atoms with Gasteiger partial charge in [0.15, 0.2) is 0 Å². The maximum Gasteiger partial charge on any atom is 0.329 e. The van der Waals surface area contributed by atoms with Gasteiger partial charge in [-0.15, -0.1) is 0 Å². The normalized spacial score (nSPS) is 39.4. The molecule has 13 heavy (non-hydrogen) atoms. The van der Waals surface area contributed by atoms with Crippen molar-refractivity contribution in [2.45, 2.75) is 51.0 Å². The van der Waals surface area contributed by atoms with E-state index in [9.17, 15) is 0 Å². The lowest BCUT2D eigenvalue weighted by molar-refractivity contribution is -0.0202. The second-order valence-electron chi connectivity index (χ2n) is 4.24. The zero-order valence-electron chi connectivity index (χ0n) is 8.23. The highest BCUT2D eigenvalue weighted by Crippen LogP contribution is 2.35. The smallest absolute Gasteiger partial charge is 0.309 e. The predicted octanol–water partition coefficient (Wildman–Crippen LogP) is 1.50. The average Bonchev–Trinajstić information content (AvgIpc) is 2.32. The Morgan fingerprint density at radius 3 is 2.77 bits per heavy atom. The molecule has 3 atom stereocenters. The molecule has 3 saturated heterocycles. The Kier molecular flexibility index (Phi) is 2.27. The van der Waals surface area contributed by atoms with Crippen molar-refractivity contribution in [2.24, 2.45) is 0 Å². The van der Waals surface area contributed by atoms with Gasteiger partial charge in [0.05, 0.1) is 13.0 Å². The molecule has 3 rings (SSSR count). The lowest BCUT2D eigenvalue weighted by atomic mass is 9.90. The summed E-state index contributed by atoms with van der Waals surface area (Å²) in [4.78, 5) is 5.97. The first-order valence-electron chi connectivity index (χ1n) is 4.98. The van der Waals surface area contributed by atoms with Gasteiger partial charge >= 0.3 is 6.23 Å². The molecule has 0 aliphatic carbocycles. The van der Waals surface area contributed by atoms with E-state index in [1.807, 2.05) is 0 Å². The largest absolute Gasteiger partial charge is 0.329 e. The van der Waals surface area contributed by atoms with Crippen molar-refractivity contribution < 1.29 is 4.74 Å². The van der Waals surface area contributed by atoms with Gasteiger partial charge < -0.3 is 4.74 Å². The van der Waals surface area contributed by atoms with E-state index in [0.717, 1.165) is 13.0 Å². The number of fused-ring (bicyclic) bond motifs is 3. The molecule has 0 aromatic rings. The van der Waals surface area contributed by atoms with Gasteiger partial charge in [0, 0.05) is 18.1 Å². The predicted molar refractivity (Wildman–Crippen MR) is 50.1 cm³/mol. The molecular formula is C10H16N2O. The summed E-state index contributed by atoms with van der Waals surface area (Å²) in [6.07, 6.45) is 1.95. The summed E-state index contributed by atoms with van der Waals surface area (Å²) in [7, 11) is 0. The van der Waals surface area contributed by atoms with E-state index in [1.54, 1.807) is 0 Å². The van der Waals surface area contributed by atoms with E-state index in [4.69, 9.17) is 11.3 Å². The molecule has 0 aromatic heterocycles. The summed E-state index contributed by atoms with van der Waals surface area (Å²) in [5, 5.41) is 0. The fourth-order valence-corrected chi connectivity index (χ4v) is 2.55. The highest BCUT2D eigenvalue weighted by molar-refractivity contribution is 4.99. The molecule has 3 aliphatic rings. The van der Waals surface area contributed by atoms with E-state index in [2.05, 4.69) is 23.6 Å². The first-order valence-corrected chi connectivity index (χ1v) is 4.98. The number of hydrogen-bond acceptors (Lipinski definition) is 2. The van der Waals surface area contributed by atoms with Gasteiger partial charge in [-0.2, -0.15) is 0 Å². The molecule has 0 N–H and O–H groups in total. The van der Waals surface area contributed by atoms with Gasteiger partial charge in [-0.1, -0.05) is 0 Å². The van der Waals surface area contributed by atoms with Crippen LogP contribution in [0.5, 0.6) is 0 Å². The van der Waals surface area contributed by atoms with Crippen LogP contribution in [0, 0.1) is 6.57 Å². The van der Waals surface area contributed by atoms with E-state index in [-0.39, 0.29) is 6.23 Å². The lowest BCUT2D eigenvalue weighted by Crippen LogP contribution is -2.59. The third kappa shape index (κ3) is 1.45. The van der Waals surface area contributed by atoms with Crippen LogP contribution in [0.25, 0.3) is 4.85 Å². The summed E-state index contributed by atoms with van der Waals surface area (Å²) in [6, 6.07) is 1.78. The molecule has 2 bridgehead atoms. The Hall–Kier alpha value is -0.590. The quantitative estimate of drug-likeness (QED) is 0.569. The van der Waals surface area contributed by atoms with Crippen molar-refractivity contribution in [3.05, 3.63) is 11.4 Å². The molecule has 3 heteroatoms. The lowest BCUT2D eigenvalue weighted by Gasteiger charge is -2.48. The van der Waals surface area contributed by atoms with E-state index in [1.165, 1.54) is 6.42 Å². The molecular weight excluding hydrogens is 164 g/mol. The van der Waals surface area contributed by atoms with Crippen molar-refractivity contribution in [2.75, 3.05) is 6.61 Å². The molecule has 72 valence electrons. The van der Waals surface area contributed by atoms with Crippen LogP contribution >= 0.6 is 0 Å². The van der Waals surface area contributed by atoms with Crippen molar-refractivity contribution in [3.8, 4) is 0 Å². The second-order valence-corrected chi connectivity index (χ2v) is 4.24. The van der Waals surface area contributed by atoms with Crippen LogP contribution in [0.2, 0.25) is 0 Å². The van der Waals surface area contributed by atoms with E-state index < -0.39 is 0 Å². The SMILES string of the molecule is [C-]#[N+]C1CC2CC(CO1)N2C(C)C. The zero-order valence-corrected chi connectivity index (χ0v) is 8.23. The fourth-order valence-electron chi connectivity index (χ4n) is 2.55. The van der Waals surface area contributed by atoms with Gasteiger partial charge in [-0.25, -0.2) is 6.57 Å². The minimum Gasteiger partial charge on any atom is -0.309 e. The van der Waals surface area contributed by atoms with Gasteiger partial charge in [0.25, 0.3) is 0 Å². The molecule has 3 unspecified atom stereocenters. The minimum atomic E-state index is -0.182. The molecule has 3 heterocycles. The number of rotatable bonds is 1. The average molecular weight is 180 g/mol. The minimum absolute atomic E-state index is 0.182. The van der Waals surface area contributed by atoms with Crippen LogP contribution in [0.3, 0.4) is 0 Å². The van der Waals surface area contributed by atoms with Crippen molar-refractivity contribution in [1.29, 1.82) is 0 Å². The molecule has 3 fully saturated rings. The van der Waals surface area contributed by atoms with Gasteiger partial charge in [0.2, 0.25) is 0 Å². The van der Waals surface area contributed by atoms with E-state index in [0.29, 0.717) is 18.1 Å². The van der Waals surface area contributed by atoms with Crippen LogP contribution in [-0.2, 0) is 4.74 Å². The van der Waals surface area contributed by atoms with Crippen LogP contribution in [0.15, 0.2) is 0 Å². The summed E-state index contributed by atoms with van der Waals surface area (Å²) in [6.45, 7) is 12.1. The first kappa shape index (κ1) is 8.98. The van der Waals surface area contributed by atoms with Gasteiger partial charge in [-0.3, -0.25) is 9.74 Å². The molecule has 0 amide bonds. The van der Waals surface area contributed by atoms with Crippen molar-refractivity contribution >= 4 is 0 Å². The molecule has 0 aromatic carbocycles. The van der Waals surface area contributed by atoms with Crippen molar-refractivity contribution in [3.63, 3.8) is 0 Å². The molecule has 3 aliphatic heterocycles. The Morgan fingerprint density at radius 2 is 2.15 bits per heavy atom. The topological polar surface area (TPSA) is 16.8 Å². The van der Waals surface area contributed by atoms with Crippen molar-refractivity contribution in [1.82, 2.24) is 4.90 Å². The number of hydrogen-bond donors (Lipinski definition) is 0. The third-order valence-corrected chi connectivity index (χ3v) is 3.08. The number of nitrogens with zero attached hydrogens (tertiary/aromatic N) is 2. The van der Waals surface area contributed by atoms with Crippen LogP contribution in [0.1, 0.15) is 26.7 Å². The summed E-state index contributed by atoms with van der Waals surface area (Å²) in [5.74, 6) is 0. The Morgan fingerprint density at radius 1 is 1.38 bits per heavy atom. The maximum absolute atomic E-state index is 6.96. The summed E-state index contributed by atoms with van der Waals surface area (Å²) < 4.78 is 5.49. The Bertz CT molecular complexity index is 234.